The van der Waals surface area contributed by atoms with E-state index in [0.717, 1.165) is 32.2 Å². The lowest BCUT2D eigenvalue weighted by atomic mass is 10.0. The molecule has 0 aliphatic carbocycles. The lowest BCUT2D eigenvalue weighted by Crippen LogP contribution is -2.53. The highest BCUT2D eigenvalue weighted by Crippen LogP contribution is 2.25. The molecule has 8 heteroatoms. The van der Waals surface area contributed by atoms with Gasteiger partial charge in [-0.15, -0.1) is 0 Å². The Morgan fingerprint density at radius 2 is 1.88 bits per heavy atom. The van der Waals surface area contributed by atoms with Crippen molar-refractivity contribution >= 4 is 21.6 Å². The summed E-state index contributed by atoms with van der Waals surface area (Å²) in [5.41, 5.74) is 0.457. The lowest BCUT2D eigenvalue weighted by Gasteiger charge is -2.34. The van der Waals surface area contributed by atoms with E-state index in [2.05, 4.69) is 17.3 Å². The van der Waals surface area contributed by atoms with Crippen molar-refractivity contribution in [3.05, 3.63) is 24.3 Å². The molecule has 1 saturated heterocycles. The topological polar surface area (TPSA) is 79.0 Å². The molecule has 0 aromatic heterocycles. The van der Waals surface area contributed by atoms with Gasteiger partial charge in [0.05, 0.1) is 19.1 Å². The van der Waals surface area contributed by atoms with Gasteiger partial charge in [0.2, 0.25) is 15.9 Å². The summed E-state index contributed by atoms with van der Waals surface area (Å²) in [5.74, 6) is 0.384. The molecule has 2 rings (SSSR count). The quantitative estimate of drug-likeness (QED) is 0.771. The summed E-state index contributed by atoms with van der Waals surface area (Å²) in [7, 11) is -0.0137. The zero-order valence-electron chi connectivity index (χ0n) is 15.9. The fraction of sp³-hybridized carbons (Fsp3) is 0.611. The molecule has 7 nitrogen and oxygen atoms in total. The molecule has 26 heavy (non-hydrogen) atoms. The number of sulfonamides is 1. The van der Waals surface area contributed by atoms with Crippen LogP contribution in [0.4, 0.5) is 5.69 Å². The number of carbonyl (C=O) groups excluding carboxylic acids is 1. The molecule has 1 aliphatic rings. The van der Waals surface area contributed by atoms with Crippen molar-refractivity contribution in [3.8, 4) is 5.75 Å². The standard InChI is InChI=1S/C18H29N3O4S/c1-5-17(18(22)19-14-10-12-20(2)13-11-14)21(26(4,23)24)15-6-8-16(25-3)9-7-15/h6-9,14,17H,5,10-13H2,1-4H3,(H,19,22). The Balaban J connectivity index is 2.21. The summed E-state index contributed by atoms with van der Waals surface area (Å²) >= 11 is 0. The smallest absolute Gasteiger partial charge is 0.244 e. The Kier molecular flexibility index (Phi) is 6.88. The Bertz CT molecular complexity index is 698. The van der Waals surface area contributed by atoms with Crippen LogP contribution >= 0.6 is 0 Å². The van der Waals surface area contributed by atoms with E-state index >= 15 is 0 Å². The maximum absolute atomic E-state index is 12.9. The van der Waals surface area contributed by atoms with Gasteiger partial charge in [0.15, 0.2) is 0 Å². The molecule has 1 aliphatic heterocycles. The van der Waals surface area contributed by atoms with Gasteiger partial charge in [-0.2, -0.15) is 0 Å². The van der Waals surface area contributed by atoms with Gasteiger partial charge in [0, 0.05) is 6.04 Å². The van der Waals surface area contributed by atoms with Crippen molar-refractivity contribution in [2.75, 3.05) is 37.8 Å². The molecule has 1 aromatic rings. The highest BCUT2D eigenvalue weighted by Gasteiger charge is 2.32. The average Bonchev–Trinajstić information content (AvgIpc) is 2.60. The van der Waals surface area contributed by atoms with Crippen LogP contribution < -0.4 is 14.4 Å². The SMILES string of the molecule is CCC(C(=O)NC1CCN(C)CC1)N(c1ccc(OC)cc1)S(C)(=O)=O. The minimum atomic E-state index is -3.62. The molecule has 1 aromatic carbocycles. The van der Waals surface area contributed by atoms with Gasteiger partial charge in [-0.1, -0.05) is 6.92 Å². The van der Waals surface area contributed by atoms with Crippen LogP contribution in [0.1, 0.15) is 26.2 Å². The fourth-order valence-electron chi connectivity index (χ4n) is 3.24. The number of anilines is 1. The van der Waals surface area contributed by atoms with Crippen molar-refractivity contribution in [2.45, 2.75) is 38.3 Å². The van der Waals surface area contributed by atoms with E-state index in [1.165, 1.54) is 4.31 Å². The number of likely N-dealkylation sites (tertiary alicyclic amines) is 1. The highest BCUT2D eigenvalue weighted by atomic mass is 32.2. The van der Waals surface area contributed by atoms with Crippen LogP contribution in [-0.2, 0) is 14.8 Å². The third kappa shape index (κ3) is 5.11. The van der Waals surface area contributed by atoms with E-state index in [0.29, 0.717) is 17.9 Å². The van der Waals surface area contributed by atoms with Crippen LogP contribution in [0.2, 0.25) is 0 Å². The van der Waals surface area contributed by atoms with Crippen LogP contribution in [0.3, 0.4) is 0 Å². The number of piperidine rings is 1. The molecule has 0 bridgehead atoms. The van der Waals surface area contributed by atoms with Gasteiger partial charge in [0.25, 0.3) is 0 Å². The number of rotatable bonds is 7. The summed E-state index contributed by atoms with van der Waals surface area (Å²) in [6, 6.07) is 6.00. The minimum absolute atomic E-state index is 0.0880. The van der Waals surface area contributed by atoms with E-state index in [1.54, 1.807) is 31.4 Å². The van der Waals surface area contributed by atoms with Gasteiger partial charge < -0.3 is 15.0 Å². The van der Waals surface area contributed by atoms with E-state index in [-0.39, 0.29) is 11.9 Å². The van der Waals surface area contributed by atoms with Crippen LogP contribution in [0, 0.1) is 0 Å². The minimum Gasteiger partial charge on any atom is -0.497 e. The van der Waals surface area contributed by atoms with E-state index in [1.807, 2.05) is 6.92 Å². The number of nitrogens with zero attached hydrogens (tertiary/aromatic N) is 2. The second kappa shape index (κ2) is 8.73. The van der Waals surface area contributed by atoms with Gasteiger partial charge in [-0.25, -0.2) is 8.42 Å². The molecule has 146 valence electrons. The first-order valence-electron chi connectivity index (χ1n) is 8.88. The first-order valence-corrected chi connectivity index (χ1v) is 10.7. The number of amides is 1. The van der Waals surface area contributed by atoms with Crippen LogP contribution in [0.25, 0.3) is 0 Å². The number of benzene rings is 1. The van der Waals surface area contributed by atoms with Crippen molar-refractivity contribution in [1.82, 2.24) is 10.2 Å². The van der Waals surface area contributed by atoms with E-state index < -0.39 is 16.1 Å². The van der Waals surface area contributed by atoms with E-state index in [9.17, 15) is 13.2 Å². The van der Waals surface area contributed by atoms with Crippen LogP contribution in [0.5, 0.6) is 5.75 Å². The highest BCUT2D eigenvalue weighted by molar-refractivity contribution is 7.92. The molecule has 0 spiro atoms. The maximum atomic E-state index is 12.9. The van der Waals surface area contributed by atoms with Gasteiger partial charge >= 0.3 is 0 Å². The third-order valence-corrected chi connectivity index (χ3v) is 5.90. The maximum Gasteiger partial charge on any atom is 0.244 e. The summed E-state index contributed by atoms with van der Waals surface area (Å²) in [6.07, 6.45) is 3.26. The molecular weight excluding hydrogens is 354 g/mol. The first-order chi connectivity index (χ1) is 12.3. The predicted octanol–water partition coefficient (Wildman–Crippen LogP) is 1.45. The number of hydrogen-bond donors (Lipinski definition) is 1. The molecule has 0 saturated carbocycles. The number of ether oxygens (including phenoxy) is 1. The fourth-order valence-corrected chi connectivity index (χ4v) is 4.45. The summed E-state index contributed by atoms with van der Waals surface area (Å²) in [6.45, 7) is 3.67. The summed E-state index contributed by atoms with van der Waals surface area (Å²) in [4.78, 5) is 15.1. The predicted molar refractivity (Wildman–Crippen MR) is 103 cm³/mol. The van der Waals surface area contributed by atoms with Crippen LogP contribution in [0.15, 0.2) is 24.3 Å². The largest absolute Gasteiger partial charge is 0.497 e. The second-order valence-corrected chi connectivity index (χ2v) is 8.63. The number of carbonyl (C=O) groups is 1. The Labute approximate surface area is 156 Å². The van der Waals surface area contributed by atoms with Gasteiger partial charge in [-0.3, -0.25) is 9.10 Å². The monoisotopic (exact) mass is 383 g/mol. The summed E-state index contributed by atoms with van der Waals surface area (Å²) in [5, 5.41) is 3.04. The van der Waals surface area contributed by atoms with Crippen molar-refractivity contribution < 1.29 is 17.9 Å². The molecular formula is C18H29N3O4S. The molecule has 1 unspecified atom stereocenters. The Morgan fingerprint density at radius 3 is 2.35 bits per heavy atom. The zero-order valence-corrected chi connectivity index (χ0v) is 16.8. The molecule has 1 fully saturated rings. The number of methoxy groups -OCH3 is 1. The summed E-state index contributed by atoms with van der Waals surface area (Å²) < 4.78 is 31.2. The number of hydrogen-bond acceptors (Lipinski definition) is 5. The van der Waals surface area contributed by atoms with Gasteiger partial charge in [-0.05, 0) is 63.7 Å². The molecule has 1 atom stereocenters. The van der Waals surface area contributed by atoms with E-state index in [4.69, 9.17) is 4.74 Å². The van der Waals surface area contributed by atoms with Crippen molar-refractivity contribution in [3.63, 3.8) is 0 Å². The first kappa shape index (κ1) is 20.5. The van der Waals surface area contributed by atoms with Gasteiger partial charge in [0.1, 0.15) is 11.8 Å². The third-order valence-electron chi connectivity index (χ3n) is 4.72. The molecule has 1 amide bonds. The van der Waals surface area contributed by atoms with Crippen molar-refractivity contribution in [2.24, 2.45) is 0 Å². The molecule has 1 N–H and O–H groups in total. The van der Waals surface area contributed by atoms with Crippen molar-refractivity contribution in [1.29, 1.82) is 0 Å². The normalized spacial score (nSPS) is 17.5. The second-order valence-electron chi connectivity index (χ2n) is 6.77. The Hall–Kier alpha value is -1.80. The molecule has 0 radical (unpaired) electrons. The van der Waals surface area contributed by atoms with Crippen LogP contribution in [-0.4, -0.2) is 64.8 Å². The number of nitrogens with one attached hydrogen (secondary N) is 1. The zero-order chi connectivity index (χ0) is 19.3. The average molecular weight is 384 g/mol. The Morgan fingerprint density at radius 1 is 1.31 bits per heavy atom. The lowest BCUT2D eigenvalue weighted by molar-refractivity contribution is -0.123. The molecule has 1 heterocycles.